The molecule has 3 heterocycles. The van der Waals surface area contributed by atoms with Crippen molar-refractivity contribution in [3.63, 3.8) is 0 Å². The normalized spacial score (nSPS) is 19.7. The molecule has 2 aromatic rings. The van der Waals surface area contributed by atoms with E-state index in [-0.39, 0.29) is 18.1 Å². The van der Waals surface area contributed by atoms with Gasteiger partial charge in [0.2, 0.25) is 5.91 Å². The fourth-order valence-corrected chi connectivity index (χ4v) is 4.30. The molecule has 0 aliphatic carbocycles. The summed E-state index contributed by atoms with van der Waals surface area (Å²) in [6, 6.07) is 6.12. The van der Waals surface area contributed by atoms with Crippen LogP contribution in [0.4, 0.5) is 10.2 Å². The van der Waals surface area contributed by atoms with Gasteiger partial charge in [0.15, 0.2) is 0 Å². The first-order chi connectivity index (χ1) is 14.0. The quantitative estimate of drug-likeness (QED) is 0.859. The molecule has 0 radical (unpaired) electrons. The van der Waals surface area contributed by atoms with Gasteiger partial charge in [-0.05, 0) is 44.1 Å². The van der Waals surface area contributed by atoms with Gasteiger partial charge in [0.05, 0.1) is 18.7 Å². The molecule has 7 heteroatoms. The Bertz CT molecular complexity index is 868. The zero-order chi connectivity index (χ0) is 20.4. The average Bonchev–Trinajstić information content (AvgIpc) is 2.74. The molecule has 0 unspecified atom stereocenters. The number of benzene rings is 1. The molecule has 1 aromatic heterocycles. The Morgan fingerprint density at radius 3 is 2.76 bits per heavy atom. The van der Waals surface area contributed by atoms with Crippen LogP contribution in [0.5, 0.6) is 0 Å². The number of carbonyl (C=O) groups is 1. The fourth-order valence-electron chi connectivity index (χ4n) is 4.30. The Kier molecular flexibility index (Phi) is 5.76. The maximum Gasteiger partial charge on any atom is 0.227 e. The van der Waals surface area contributed by atoms with E-state index >= 15 is 0 Å². The summed E-state index contributed by atoms with van der Waals surface area (Å²) in [7, 11) is 4.02. The molecular weight excluding hydrogens is 369 g/mol. The monoisotopic (exact) mass is 397 g/mol. The van der Waals surface area contributed by atoms with Crippen LogP contribution in [0.2, 0.25) is 0 Å². The van der Waals surface area contributed by atoms with Gasteiger partial charge in [-0.25, -0.2) is 14.4 Å². The van der Waals surface area contributed by atoms with Crippen LogP contribution in [-0.4, -0.2) is 59.4 Å². The summed E-state index contributed by atoms with van der Waals surface area (Å²) in [4.78, 5) is 26.7. The number of hydrogen-bond donors (Lipinski definition) is 1. The second-order valence-corrected chi connectivity index (χ2v) is 8.08. The lowest BCUT2D eigenvalue weighted by Gasteiger charge is -2.32. The lowest BCUT2D eigenvalue weighted by atomic mass is 9.96. The number of aromatic nitrogens is 2. The predicted octanol–water partition coefficient (Wildman–Crippen LogP) is 2.59. The molecule has 1 fully saturated rings. The van der Waals surface area contributed by atoms with E-state index in [1.54, 1.807) is 12.1 Å². The van der Waals surface area contributed by atoms with Gasteiger partial charge in [-0.3, -0.25) is 4.79 Å². The summed E-state index contributed by atoms with van der Waals surface area (Å²) in [5.41, 5.74) is 2.89. The Labute approximate surface area is 171 Å². The molecule has 1 saturated heterocycles. The number of halogens is 1. The van der Waals surface area contributed by atoms with Crippen molar-refractivity contribution in [2.75, 3.05) is 39.0 Å². The van der Waals surface area contributed by atoms with E-state index in [9.17, 15) is 9.18 Å². The average molecular weight is 397 g/mol. The standard InChI is InChI=1S/C22H28FN5O/c1-24-22-18-14-28(20(29)12-15-5-7-17(23)8-6-15)11-9-19(18)25-21(26-22)16-4-3-10-27(2)13-16/h5-8,16H,3-4,9-14H2,1-2H3,(H,24,25,26)/t16-/m0/s1. The summed E-state index contributed by atoms with van der Waals surface area (Å²) in [6.07, 6.45) is 3.30. The van der Waals surface area contributed by atoms with Crippen LogP contribution in [0.25, 0.3) is 0 Å². The molecule has 29 heavy (non-hydrogen) atoms. The predicted molar refractivity (Wildman–Crippen MR) is 110 cm³/mol. The molecule has 1 atom stereocenters. The first-order valence-electron chi connectivity index (χ1n) is 10.3. The van der Waals surface area contributed by atoms with Gasteiger partial charge in [0.25, 0.3) is 0 Å². The minimum Gasteiger partial charge on any atom is -0.373 e. The number of fused-ring (bicyclic) bond motifs is 1. The number of nitrogens with one attached hydrogen (secondary N) is 1. The third kappa shape index (κ3) is 4.40. The van der Waals surface area contributed by atoms with Crippen LogP contribution in [0.3, 0.4) is 0 Å². The summed E-state index contributed by atoms with van der Waals surface area (Å²) in [6.45, 7) is 3.28. The Balaban J connectivity index is 1.51. The number of amides is 1. The number of anilines is 1. The second kappa shape index (κ2) is 8.45. The zero-order valence-corrected chi connectivity index (χ0v) is 17.1. The number of nitrogens with zero attached hydrogens (tertiary/aromatic N) is 4. The summed E-state index contributed by atoms with van der Waals surface area (Å²) < 4.78 is 13.1. The van der Waals surface area contributed by atoms with Crippen molar-refractivity contribution in [2.45, 2.75) is 38.1 Å². The molecule has 2 aliphatic rings. The summed E-state index contributed by atoms with van der Waals surface area (Å²) >= 11 is 0. The van der Waals surface area contributed by atoms with Crippen molar-refractivity contribution >= 4 is 11.7 Å². The third-order valence-corrected chi connectivity index (χ3v) is 5.93. The van der Waals surface area contributed by atoms with E-state index < -0.39 is 0 Å². The molecule has 0 saturated carbocycles. The van der Waals surface area contributed by atoms with Crippen LogP contribution < -0.4 is 5.32 Å². The Morgan fingerprint density at radius 2 is 2.03 bits per heavy atom. The lowest BCUT2D eigenvalue weighted by molar-refractivity contribution is -0.131. The maximum atomic E-state index is 13.1. The summed E-state index contributed by atoms with van der Waals surface area (Å²) in [5.74, 6) is 1.87. The van der Waals surface area contributed by atoms with Gasteiger partial charge >= 0.3 is 0 Å². The van der Waals surface area contributed by atoms with Gasteiger partial charge in [-0.1, -0.05) is 12.1 Å². The van der Waals surface area contributed by atoms with Crippen molar-refractivity contribution in [1.82, 2.24) is 19.8 Å². The largest absolute Gasteiger partial charge is 0.373 e. The van der Waals surface area contributed by atoms with E-state index in [0.717, 1.165) is 54.4 Å². The number of rotatable bonds is 4. The van der Waals surface area contributed by atoms with E-state index in [1.807, 2.05) is 11.9 Å². The summed E-state index contributed by atoms with van der Waals surface area (Å²) in [5, 5.41) is 3.22. The fraction of sp³-hybridized carbons (Fsp3) is 0.500. The number of carbonyl (C=O) groups excluding carboxylic acids is 1. The van der Waals surface area contributed by atoms with Crippen molar-refractivity contribution in [1.29, 1.82) is 0 Å². The molecule has 4 rings (SSSR count). The minimum absolute atomic E-state index is 0.0438. The van der Waals surface area contributed by atoms with E-state index in [0.29, 0.717) is 19.0 Å². The van der Waals surface area contributed by atoms with Gasteiger partial charge in [-0.2, -0.15) is 0 Å². The first kappa shape index (κ1) is 19.8. The molecule has 2 aliphatic heterocycles. The van der Waals surface area contributed by atoms with Crippen LogP contribution in [-0.2, 0) is 24.2 Å². The van der Waals surface area contributed by atoms with Crippen LogP contribution in [0, 0.1) is 5.82 Å². The highest BCUT2D eigenvalue weighted by Crippen LogP contribution is 2.29. The van der Waals surface area contributed by atoms with Crippen LogP contribution >= 0.6 is 0 Å². The van der Waals surface area contributed by atoms with Crippen LogP contribution in [0.15, 0.2) is 24.3 Å². The molecule has 0 bridgehead atoms. The third-order valence-electron chi connectivity index (χ3n) is 5.93. The lowest BCUT2D eigenvalue weighted by Crippen LogP contribution is -2.38. The zero-order valence-electron chi connectivity index (χ0n) is 17.1. The van der Waals surface area contributed by atoms with Gasteiger partial charge in [-0.15, -0.1) is 0 Å². The molecule has 1 aromatic carbocycles. The van der Waals surface area contributed by atoms with Crippen LogP contribution in [0.1, 0.15) is 41.4 Å². The minimum atomic E-state index is -0.288. The molecule has 6 nitrogen and oxygen atoms in total. The van der Waals surface area contributed by atoms with E-state index in [1.165, 1.54) is 18.6 Å². The smallest absolute Gasteiger partial charge is 0.227 e. The van der Waals surface area contributed by atoms with Gasteiger partial charge in [0, 0.05) is 38.0 Å². The molecule has 1 N–H and O–H groups in total. The second-order valence-electron chi connectivity index (χ2n) is 8.08. The van der Waals surface area contributed by atoms with Crippen molar-refractivity contribution < 1.29 is 9.18 Å². The highest BCUT2D eigenvalue weighted by Gasteiger charge is 2.28. The highest BCUT2D eigenvalue weighted by molar-refractivity contribution is 5.79. The Morgan fingerprint density at radius 1 is 1.24 bits per heavy atom. The topological polar surface area (TPSA) is 61.4 Å². The van der Waals surface area contributed by atoms with Crippen molar-refractivity contribution in [3.8, 4) is 0 Å². The first-order valence-corrected chi connectivity index (χ1v) is 10.3. The van der Waals surface area contributed by atoms with E-state index in [4.69, 9.17) is 9.97 Å². The van der Waals surface area contributed by atoms with Gasteiger partial charge < -0.3 is 15.1 Å². The number of likely N-dealkylation sites (N-methyl/N-ethyl adjacent to an activating group) is 1. The number of hydrogen-bond acceptors (Lipinski definition) is 5. The van der Waals surface area contributed by atoms with Crippen molar-refractivity contribution in [2.24, 2.45) is 0 Å². The number of likely N-dealkylation sites (tertiary alicyclic amines) is 1. The number of piperidine rings is 1. The van der Waals surface area contributed by atoms with Gasteiger partial charge in [0.1, 0.15) is 17.5 Å². The van der Waals surface area contributed by atoms with Crippen molar-refractivity contribution in [3.05, 3.63) is 52.7 Å². The SMILES string of the molecule is CNc1nc([C@H]2CCCN(C)C2)nc2c1CN(C(=O)Cc1ccc(F)cc1)CC2. The molecule has 154 valence electrons. The highest BCUT2D eigenvalue weighted by atomic mass is 19.1. The Hall–Kier alpha value is -2.54. The molecular formula is C22H28FN5O. The molecule has 1 amide bonds. The maximum absolute atomic E-state index is 13.1. The van der Waals surface area contributed by atoms with E-state index in [2.05, 4.69) is 17.3 Å². The molecule has 0 spiro atoms.